The number of methoxy groups -OCH3 is 1. The van der Waals surface area contributed by atoms with Gasteiger partial charge in [0, 0.05) is 6.07 Å². The van der Waals surface area contributed by atoms with Crippen molar-refractivity contribution in [2.24, 2.45) is 0 Å². The van der Waals surface area contributed by atoms with Crippen molar-refractivity contribution in [3.8, 4) is 5.75 Å². The maximum Gasteiger partial charge on any atom is 0.408 e. The summed E-state index contributed by atoms with van der Waals surface area (Å²) in [6.45, 7) is 5.00. The van der Waals surface area contributed by atoms with Gasteiger partial charge in [0.2, 0.25) is 0 Å². The Balaban J connectivity index is 2.69. The summed E-state index contributed by atoms with van der Waals surface area (Å²) in [5.74, 6) is -0.240. The normalized spacial score (nSPS) is 12.2. The lowest BCUT2D eigenvalue weighted by molar-refractivity contribution is -0.143. The first-order chi connectivity index (χ1) is 10.6. The largest absolute Gasteiger partial charge is 0.491 e. The molecule has 0 aliphatic heterocycles. The SMILES string of the molecule is COC(=O)[C@H](COc1ccc(N)c(N)c1)NC(=O)OC(C)(C)C. The molecule has 0 saturated heterocycles. The predicted octanol–water partition coefficient (Wildman–Crippen LogP) is 1.30. The van der Waals surface area contributed by atoms with E-state index in [2.05, 4.69) is 10.1 Å². The maximum absolute atomic E-state index is 11.8. The molecule has 8 nitrogen and oxygen atoms in total. The monoisotopic (exact) mass is 325 g/mol. The second kappa shape index (κ2) is 7.57. The van der Waals surface area contributed by atoms with Crippen molar-refractivity contribution in [2.45, 2.75) is 32.4 Å². The first-order valence-electron chi connectivity index (χ1n) is 6.97. The number of carbonyl (C=O) groups is 2. The minimum absolute atomic E-state index is 0.144. The molecule has 0 bridgehead atoms. The van der Waals surface area contributed by atoms with Crippen molar-refractivity contribution in [3.63, 3.8) is 0 Å². The molecule has 0 aliphatic carbocycles. The Kier molecular flexibility index (Phi) is 6.06. The molecule has 1 atom stereocenters. The Morgan fingerprint density at radius 1 is 1.22 bits per heavy atom. The number of carbonyl (C=O) groups excluding carboxylic acids is 2. The zero-order valence-electron chi connectivity index (χ0n) is 13.7. The summed E-state index contributed by atoms with van der Waals surface area (Å²) < 4.78 is 15.2. The molecule has 0 spiro atoms. The Morgan fingerprint density at radius 3 is 2.39 bits per heavy atom. The van der Waals surface area contributed by atoms with Crippen LogP contribution in [0.5, 0.6) is 5.75 Å². The van der Waals surface area contributed by atoms with E-state index in [1.165, 1.54) is 13.2 Å². The summed E-state index contributed by atoms with van der Waals surface area (Å²) >= 11 is 0. The number of hydrogen-bond acceptors (Lipinski definition) is 7. The van der Waals surface area contributed by atoms with Crippen LogP contribution in [0.2, 0.25) is 0 Å². The summed E-state index contributed by atoms with van der Waals surface area (Å²) in [5, 5.41) is 2.40. The van der Waals surface area contributed by atoms with Gasteiger partial charge in [0.15, 0.2) is 6.04 Å². The molecule has 0 aliphatic rings. The lowest BCUT2D eigenvalue weighted by Gasteiger charge is -2.22. The zero-order valence-corrected chi connectivity index (χ0v) is 13.7. The number of rotatable bonds is 5. The molecule has 8 heteroatoms. The van der Waals surface area contributed by atoms with Crippen molar-refractivity contribution in [1.82, 2.24) is 5.32 Å². The molecule has 0 heterocycles. The number of amides is 1. The van der Waals surface area contributed by atoms with Crippen LogP contribution in [-0.2, 0) is 14.3 Å². The molecule has 0 aromatic heterocycles. The molecule has 0 radical (unpaired) electrons. The minimum atomic E-state index is -1.02. The molecule has 1 aromatic carbocycles. The van der Waals surface area contributed by atoms with Gasteiger partial charge >= 0.3 is 12.1 Å². The molecule has 1 amide bonds. The van der Waals surface area contributed by atoms with Crippen molar-refractivity contribution in [3.05, 3.63) is 18.2 Å². The van der Waals surface area contributed by atoms with Gasteiger partial charge in [-0.3, -0.25) is 0 Å². The summed E-state index contributed by atoms with van der Waals surface area (Å²) in [6, 6.07) is 3.69. The van der Waals surface area contributed by atoms with Crippen molar-refractivity contribution in [1.29, 1.82) is 0 Å². The lowest BCUT2D eigenvalue weighted by atomic mass is 10.2. The fourth-order valence-electron chi connectivity index (χ4n) is 1.58. The van der Waals surface area contributed by atoms with Crippen molar-refractivity contribution < 1.29 is 23.8 Å². The third kappa shape index (κ3) is 6.33. The fourth-order valence-corrected chi connectivity index (χ4v) is 1.58. The van der Waals surface area contributed by atoms with Gasteiger partial charge in [-0.25, -0.2) is 9.59 Å². The summed E-state index contributed by atoms with van der Waals surface area (Å²) in [4.78, 5) is 23.5. The number of nitrogens with two attached hydrogens (primary N) is 2. The highest BCUT2D eigenvalue weighted by atomic mass is 16.6. The third-order valence-electron chi connectivity index (χ3n) is 2.65. The molecular weight excluding hydrogens is 302 g/mol. The highest BCUT2D eigenvalue weighted by Crippen LogP contribution is 2.21. The van der Waals surface area contributed by atoms with E-state index in [-0.39, 0.29) is 6.61 Å². The lowest BCUT2D eigenvalue weighted by Crippen LogP contribution is -2.47. The number of benzene rings is 1. The van der Waals surface area contributed by atoms with E-state index >= 15 is 0 Å². The standard InChI is InChI=1S/C15H23N3O5/c1-15(2,3)23-14(20)18-12(13(19)21-4)8-22-9-5-6-10(16)11(17)7-9/h5-7,12H,8,16-17H2,1-4H3,(H,18,20)/t12-/m0/s1. The average Bonchev–Trinajstić information content (AvgIpc) is 2.44. The molecule has 0 fully saturated rings. The molecule has 1 aromatic rings. The summed E-state index contributed by atoms with van der Waals surface area (Å²) in [7, 11) is 1.22. The second-order valence-corrected chi connectivity index (χ2v) is 5.82. The van der Waals surface area contributed by atoms with Crippen LogP contribution in [0, 0.1) is 0 Å². The van der Waals surface area contributed by atoms with E-state index < -0.39 is 23.7 Å². The van der Waals surface area contributed by atoms with Crippen LogP contribution in [0.25, 0.3) is 0 Å². The van der Waals surface area contributed by atoms with Crippen molar-refractivity contribution in [2.75, 3.05) is 25.2 Å². The molecule has 1 rings (SSSR count). The Bertz CT molecular complexity index is 569. The van der Waals surface area contributed by atoms with E-state index in [4.69, 9.17) is 20.9 Å². The van der Waals surface area contributed by atoms with Gasteiger partial charge in [-0.2, -0.15) is 0 Å². The highest BCUT2D eigenvalue weighted by molar-refractivity contribution is 5.81. The van der Waals surface area contributed by atoms with E-state index in [1.807, 2.05) is 0 Å². The first-order valence-corrected chi connectivity index (χ1v) is 6.97. The number of anilines is 2. The zero-order chi connectivity index (χ0) is 17.6. The minimum Gasteiger partial charge on any atom is -0.491 e. The van der Waals surface area contributed by atoms with Crippen LogP contribution < -0.4 is 21.5 Å². The Morgan fingerprint density at radius 2 is 1.87 bits per heavy atom. The molecule has 0 saturated carbocycles. The summed E-state index contributed by atoms with van der Waals surface area (Å²) in [5.41, 5.74) is 11.4. The van der Waals surface area contributed by atoms with E-state index in [1.54, 1.807) is 32.9 Å². The molecule has 0 unspecified atom stereocenters. The van der Waals surface area contributed by atoms with Crippen LogP contribution in [0.1, 0.15) is 20.8 Å². The molecule has 128 valence electrons. The molecular formula is C15H23N3O5. The van der Waals surface area contributed by atoms with Crippen molar-refractivity contribution >= 4 is 23.4 Å². The second-order valence-electron chi connectivity index (χ2n) is 5.82. The fraction of sp³-hybridized carbons (Fsp3) is 0.467. The summed E-state index contributed by atoms with van der Waals surface area (Å²) in [6.07, 6.45) is -0.742. The topological polar surface area (TPSA) is 126 Å². The number of ether oxygens (including phenoxy) is 3. The number of alkyl carbamates (subject to hydrolysis) is 1. The van der Waals surface area contributed by atoms with Crippen LogP contribution in [0.15, 0.2) is 18.2 Å². The highest BCUT2D eigenvalue weighted by Gasteiger charge is 2.25. The van der Waals surface area contributed by atoms with Gasteiger partial charge in [0.25, 0.3) is 0 Å². The third-order valence-corrected chi connectivity index (χ3v) is 2.65. The van der Waals surface area contributed by atoms with Gasteiger partial charge in [-0.1, -0.05) is 0 Å². The van der Waals surface area contributed by atoms with Gasteiger partial charge in [-0.15, -0.1) is 0 Å². The van der Waals surface area contributed by atoms with Gasteiger partial charge in [0.05, 0.1) is 18.5 Å². The quantitative estimate of drug-likeness (QED) is 0.550. The molecule has 5 N–H and O–H groups in total. The van der Waals surface area contributed by atoms with Gasteiger partial charge in [-0.05, 0) is 32.9 Å². The van der Waals surface area contributed by atoms with Gasteiger partial charge in [0.1, 0.15) is 18.0 Å². The number of nitrogen functional groups attached to an aromatic ring is 2. The van der Waals surface area contributed by atoms with Crippen LogP contribution in [-0.4, -0.2) is 37.4 Å². The van der Waals surface area contributed by atoms with E-state index in [0.717, 1.165) is 0 Å². The van der Waals surface area contributed by atoms with Gasteiger partial charge < -0.3 is 31.0 Å². The van der Waals surface area contributed by atoms with E-state index in [9.17, 15) is 9.59 Å². The Labute approximate surface area is 135 Å². The Hall–Kier alpha value is -2.64. The van der Waals surface area contributed by atoms with Crippen LogP contribution >= 0.6 is 0 Å². The molecule has 23 heavy (non-hydrogen) atoms. The first kappa shape index (κ1) is 18.4. The number of nitrogens with one attached hydrogen (secondary N) is 1. The average molecular weight is 325 g/mol. The maximum atomic E-state index is 11.8. The van der Waals surface area contributed by atoms with Crippen LogP contribution in [0.4, 0.5) is 16.2 Å². The van der Waals surface area contributed by atoms with Crippen LogP contribution in [0.3, 0.4) is 0 Å². The van der Waals surface area contributed by atoms with E-state index in [0.29, 0.717) is 17.1 Å². The smallest absolute Gasteiger partial charge is 0.408 e. The number of esters is 1. The number of hydrogen-bond donors (Lipinski definition) is 3. The predicted molar refractivity (Wildman–Crippen MR) is 85.9 cm³/mol.